The van der Waals surface area contributed by atoms with E-state index in [0.29, 0.717) is 13.2 Å². The molecule has 5 nitrogen and oxygen atoms in total. The zero-order chi connectivity index (χ0) is 14.8. The summed E-state index contributed by atoms with van der Waals surface area (Å²) in [6.45, 7) is 6.09. The van der Waals surface area contributed by atoms with Crippen molar-refractivity contribution in [3.63, 3.8) is 0 Å². The largest absolute Gasteiger partial charge is 0.491 e. The molecule has 0 bridgehead atoms. The molecule has 0 saturated heterocycles. The van der Waals surface area contributed by atoms with Crippen molar-refractivity contribution >= 4 is 0 Å². The van der Waals surface area contributed by atoms with Crippen LogP contribution in [0.25, 0.3) is 0 Å². The molecule has 0 aliphatic carbocycles. The predicted octanol–water partition coefficient (Wildman–Crippen LogP) is 2.44. The third-order valence-corrected chi connectivity index (χ3v) is 3.77. The second kappa shape index (κ2) is 5.77. The van der Waals surface area contributed by atoms with Gasteiger partial charge in [0, 0.05) is 18.2 Å². The topological polar surface area (TPSA) is 62.3 Å². The van der Waals surface area contributed by atoms with Crippen molar-refractivity contribution in [3.8, 4) is 11.5 Å². The summed E-state index contributed by atoms with van der Waals surface area (Å²) in [5.74, 6) is 1.63. The van der Waals surface area contributed by atoms with Crippen molar-refractivity contribution in [3.05, 3.63) is 41.2 Å². The average molecular weight is 287 g/mol. The molecule has 21 heavy (non-hydrogen) atoms. The lowest BCUT2D eigenvalue weighted by molar-refractivity contribution is 0.289. The van der Waals surface area contributed by atoms with Crippen molar-refractivity contribution in [2.75, 3.05) is 6.61 Å². The van der Waals surface area contributed by atoms with E-state index < -0.39 is 0 Å². The first-order valence-corrected chi connectivity index (χ1v) is 7.42. The quantitative estimate of drug-likeness (QED) is 0.917. The molecule has 2 heterocycles. The van der Waals surface area contributed by atoms with Crippen LogP contribution in [0.1, 0.15) is 36.8 Å². The molecule has 0 spiro atoms. The molecule has 112 valence electrons. The van der Waals surface area contributed by atoms with Crippen molar-refractivity contribution in [2.45, 2.75) is 39.5 Å². The van der Waals surface area contributed by atoms with Gasteiger partial charge in [-0.2, -0.15) is 5.10 Å². The van der Waals surface area contributed by atoms with Gasteiger partial charge >= 0.3 is 0 Å². The number of fused-ring (bicyclic) bond motifs is 1. The van der Waals surface area contributed by atoms with Crippen LogP contribution in [0.4, 0.5) is 0 Å². The smallest absolute Gasteiger partial charge is 0.130 e. The molecule has 1 aliphatic rings. The van der Waals surface area contributed by atoms with E-state index in [-0.39, 0.29) is 6.04 Å². The highest BCUT2D eigenvalue weighted by atomic mass is 16.5. The fourth-order valence-electron chi connectivity index (χ4n) is 2.54. The minimum atomic E-state index is -0.0253. The Balaban J connectivity index is 1.72. The highest BCUT2D eigenvalue weighted by molar-refractivity contribution is 5.44. The summed E-state index contributed by atoms with van der Waals surface area (Å²) in [5, 5.41) is 4.52. The van der Waals surface area contributed by atoms with Gasteiger partial charge in [0.2, 0.25) is 0 Å². The summed E-state index contributed by atoms with van der Waals surface area (Å²) >= 11 is 0. The summed E-state index contributed by atoms with van der Waals surface area (Å²) < 4.78 is 13.4. The third kappa shape index (κ3) is 2.74. The fourth-order valence-corrected chi connectivity index (χ4v) is 2.54. The minimum Gasteiger partial charge on any atom is -0.491 e. The first-order chi connectivity index (χ1) is 10.2. The Morgan fingerprint density at radius 2 is 2.24 bits per heavy atom. The van der Waals surface area contributed by atoms with Gasteiger partial charge in [-0.1, -0.05) is 6.92 Å². The zero-order valence-electron chi connectivity index (χ0n) is 12.5. The number of ether oxygens (including phenoxy) is 2. The van der Waals surface area contributed by atoms with Crippen molar-refractivity contribution < 1.29 is 9.47 Å². The number of hydrogen-bond donors (Lipinski definition) is 1. The van der Waals surface area contributed by atoms with E-state index in [4.69, 9.17) is 15.2 Å². The van der Waals surface area contributed by atoms with Crippen LogP contribution in [0.5, 0.6) is 11.5 Å². The summed E-state index contributed by atoms with van der Waals surface area (Å²) in [7, 11) is 0. The van der Waals surface area contributed by atoms with Gasteiger partial charge in [-0.15, -0.1) is 0 Å². The highest BCUT2D eigenvalue weighted by Crippen LogP contribution is 2.34. The molecule has 2 N–H and O–H groups in total. The Labute approximate surface area is 124 Å². The summed E-state index contributed by atoms with van der Waals surface area (Å²) in [5.41, 5.74) is 9.18. The first-order valence-electron chi connectivity index (χ1n) is 7.42. The number of rotatable bonds is 5. The van der Waals surface area contributed by atoms with E-state index in [9.17, 15) is 0 Å². The lowest BCUT2D eigenvalue weighted by atomic mass is 10.1. The van der Waals surface area contributed by atoms with Crippen molar-refractivity contribution in [1.29, 1.82) is 0 Å². The Kier molecular flexibility index (Phi) is 3.84. The second-order valence-electron chi connectivity index (χ2n) is 5.20. The number of nitrogens with zero attached hydrogens (tertiary/aromatic N) is 2. The molecule has 1 aliphatic heterocycles. The van der Waals surface area contributed by atoms with Crippen LogP contribution in [0.15, 0.2) is 24.3 Å². The van der Waals surface area contributed by atoms with Crippen LogP contribution in [0.2, 0.25) is 0 Å². The first kappa shape index (κ1) is 13.9. The lowest BCUT2D eigenvalue weighted by Gasteiger charge is -2.09. The molecule has 0 fully saturated rings. The van der Waals surface area contributed by atoms with E-state index in [1.807, 2.05) is 22.9 Å². The number of aryl methyl sites for hydroxylation is 2. The van der Waals surface area contributed by atoms with Gasteiger partial charge in [-0.05, 0) is 31.5 Å². The van der Waals surface area contributed by atoms with Gasteiger partial charge in [-0.3, -0.25) is 4.68 Å². The van der Waals surface area contributed by atoms with E-state index >= 15 is 0 Å². The van der Waals surface area contributed by atoms with E-state index in [1.165, 1.54) is 0 Å². The molecule has 1 aromatic carbocycles. The molecule has 5 heteroatoms. The minimum absolute atomic E-state index is 0.0253. The maximum absolute atomic E-state index is 5.94. The molecule has 0 saturated carbocycles. The van der Waals surface area contributed by atoms with Crippen molar-refractivity contribution in [2.24, 2.45) is 5.73 Å². The van der Waals surface area contributed by atoms with Gasteiger partial charge < -0.3 is 15.2 Å². The summed E-state index contributed by atoms with van der Waals surface area (Å²) in [6.07, 6.45) is 0.935. The van der Waals surface area contributed by atoms with Gasteiger partial charge in [0.25, 0.3) is 0 Å². The molecule has 0 radical (unpaired) electrons. The monoisotopic (exact) mass is 287 g/mol. The maximum Gasteiger partial charge on any atom is 0.130 e. The molecule has 3 rings (SSSR count). The molecular formula is C16H21N3O2. The number of nitrogens with two attached hydrogens (primary N) is 1. The average Bonchev–Trinajstić information content (AvgIpc) is 3.08. The lowest BCUT2D eigenvalue weighted by Crippen LogP contribution is -2.10. The third-order valence-electron chi connectivity index (χ3n) is 3.77. The Bertz CT molecular complexity index is 636. The van der Waals surface area contributed by atoms with Crippen LogP contribution in [0, 0.1) is 0 Å². The van der Waals surface area contributed by atoms with Crippen LogP contribution in [-0.4, -0.2) is 16.4 Å². The summed E-state index contributed by atoms with van der Waals surface area (Å²) in [4.78, 5) is 0. The molecule has 2 aromatic rings. The van der Waals surface area contributed by atoms with Crippen LogP contribution in [0.3, 0.4) is 0 Å². The second-order valence-corrected chi connectivity index (χ2v) is 5.20. The van der Waals surface area contributed by atoms with Gasteiger partial charge in [0.05, 0.1) is 17.4 Å². The van der Waals surface area contributed by atoms with Crippen LogP contribution in [-0.2, 0) is 19.6 Å². The number of hydrogen-bond acceptors (Lipinski definition) is 4. The van der Waals surface area contributed by atoms with E-state index in [0.717, 1.165) is 41.4 Å². The predicted molar refractivity (Wildman–Crippen MR) is 80.5 cm³/mol. The number of aromatic nitrogens is 2. The maximum atomic E-state index is 5.94. The van der Waals surface area contributed by atoms with E-state index in [1.54, 1.807) is 0 Å². The van der Waals surface area contributed by atoms with Crippen LogP contribution < -0.4 is 15.2 Å². The molecule has 0 amide bonds. The van der Waals surface area contributed by atoms with Gasteiger partial charge in [0.15, 0.2) is 0 Å². The Hall–Kier alpha value is -2.01. The highest BCUT2D eigenvalue weighted by Gasteiger charge is 2.20. The van der Waals surface area contributed by atoms with Gasteiger partial charge in [-0.25, -0.2) is 0 Å². The normalized spacial score (nSPS) is 16.6. The standard InChI is InChI=1S/C16H21N3O2/c1-3-11-7-12(19(4-2)18-11)9-20-13-5-6-14-15(17)10-21-16(14)8-13/h5-8,15H,3-4,9-10,17H2,1-2H3. The SMILES string of the molecule is CCc1cc(COc2ccc3c(c2)OCC3N)n(CC)n1. The van der Waals surface area contributed by atoms with Gasteiger partial charge in [0.1, 0.15) is 24.7 Å². The summed E-state index contributed by atoms with van der Waals surface area (Å²) in [6, 6.07) is 7.92. The Morgan fingerprint density at radius 1 is 1.38 bits per heavy atom. The molecule has 1 unspecified atom stereocenters. The van der Waals surface area contributed by atoms with Crippen molar-refractivity contribution in [1.82, 2.24) is 9.78 Å². The van der Waals surface area contributed by atoms with Crippen LogP contribution >= 0.6 is 0 Å². The molecular weight excluding hydrogens is 266 g/mol. The number of benzene rings is 1. The molecule has 1 aromatic heterocycles. The molecule has 1 atom stereocenters. The van der Waals surface area contributed by atoms with E-state index in [2.05, 4.69) is 25.0 Å². The zero-order valence-corrected chi connectivity index (χ0v) is 12.5. The Morgan fingerprint density at radius 3 is 3.00 bits per heavy atom. The fraction of sp³-hybridized carbons (Fsp3) is 0.438.